The van der Waals surface area contributed by atoms with Crippen molar-refractivity contribution in [3.63, 3.8) is 0 Å². The number of aliphatic carboxylic acids is 1. The van der Waals surface area contributed by atoms with Gasteiger partial charge in [-0.1, -0.05) is 18.2 Å². The number of carboxylic acid groups (broad SMARTS) is 1. The zero-order chi connectivity index (χ0) is 16.2. The summed E-state index contributed by atoms with van der Waals surface area (Å²) in [5.41, 5.74) is -0.221. The van der Waals surface area contributed by atoms with Gasteiger partial charge in [0.2, 0.25) is 0 Å². The maximum atomic E-state index is 13.4. The minimum atomic E-state index is -0.873. The lowest BCUT2D eigenvalue weighted by Gasteiger charge is -2.20. The zero-order valence-electron chi connectivity index (χ0n) is 12.6. The molecular weight excluding hydrogens is 287 g/mol. The van der Waals surface area contributed by atoms with Crippen LogP contribution in [0.2, 0.25) is 0 Å². The number of rotatable bonds is 5. The topological polar surface area (TPSA) is 69.6 Å². The molecule has 1 saturated heterocycles. The maximum Gasteiger partial charge on any atom is 0.317 e. The van der Waals surface area contributed by atoms with Gasteiger partial charge < -0.3 is 15.3 Å². The van der Waals surface area contributed by atoms with Crippen LogP contribution in [0.25, 0.3) is 0 Å². The van der Waals surface area contributed by atoms with E-state index < -0.39 is 11.4 Å². The van der Waals surface area contributed by atoms with Gasteiger partial charge in [-0.25, -0.2) is 9.18 Å². The number of halogens is 1. The van der Waals surface area contributed by atoms with Crippen molar-refractivity contribution in [3.05, 3.63) is 35.6 Å². The van der Waals surface area contributed by atoms with Gasteiger partial charge in [-0.15, -0.1) is 0 Å². The van der Waals surface area contributed by atoms with Crippen LogP contribution in [0.4, 0.5) is 9.18 Å². The van der Waals surface area contributed by atoms with Crippen molar-refractivity contribution in [2.24, 2.45) is 5.41 Å². The summed E-state index contributed by atoms with van der Waals surface area (Å²) >= 11 is 0. The lowest BCUT2D eigenvalue weighted by atomic mass is 9.90. The third-order valence-electron chi connectivity index (χ3n) is 4.13. The molecule has 1 aromatic rings. The minimum Gasteiger partial charge on any atom is -0.481 e. The van der Waals surface area contributed by atoms with Crippen LogP contribution in [0.15, 0.2) is 24.3 Å². The first-order valence-electron chi connectivity index (χ1n) is 7.42. The molecule has 5 nitrogen and oxygen atoms in total. The normalized spacial score (nSPS) is 20.9. The van der Waals surface area contributed by atoms with Crippen molar-refractivity contribution in [2.75, 3.05) is 19.6 Å². The summed E-state index contributed by atoms with van der Waals surface area (Å²) in [4.78, 5) is 24.7. The first-order chi connectivity index (χ1) is 10.4. The molecule has 0 saturated carbocycles. The number of likely N-dealkylation sites (tertiary alicyclic amines) is 1. The standard InChI is InChI=1S/C16H21FN2O3/c1-16(14(20)21)8-10-19(11-16)15(22)18-9-4-6-12-5-2-3-7-13(12)17/h2-3,5,7H,4,6,8-11H2,1H3,(H,18,22)(H,20,21). The molecule has 2 rings (SSSR count). The van der Waals surface area contributed by atoms with Crippen molar-refractivity contribution in [1.82, 2.24) is 10.2 Å². The molecule has 0 aliphatic carbocycles. The maximum absolute atomic E-state index is 13.4. The van der Waals surface area contributed by atoms with Gasteiger partial charge in [0.1, 0.15) is 5.82 Å². The summed E-state index contributed by atoms with van der Waals surface area (Å²) in [5.74, 6) is -1.10. The molecule has 0 aromatic heterocycles. The highest BCUT2D eigenvalue weighted by Gasteiger charge is 2.42. The van der Waals surface area contributed by atoms with Gasteiger partial charge in [0, 0.05) is 19.6 Å². The van der Waals surface area contributed by atoms with E-state index in [1.54, 1.807) is 25.1 Å². The molecule has 1 atom stereocenters. The number of hydrogen-bond donors (Lipinski definition) is 2. The van der Waals surface area contributed by atoms with Gasteiger partial charge in [-0.05, 0) is 37.8 Å². The van der Waals surface area contributed by atoms with E-state index in [1.165, 1.54) is 11.0 Å². The lowest BCUT2D eigenvalue weighted by molar-refractivity contribution is -0.146. The van der Waals surface area contributed by atoms with Gasteiger partial charge >= 0.3 is 12.0 Å². The Kier molecular flexibility index (Phi) is 5.00. The Balaban J connectivity index is 1.73. The molecule has 1 aromatic carbocycles. The van der Waals surface area contributed by atoms with E-state index in [4.69, 9.17) is 5.11 Å². The lowest BCUT2D eigenvalue weighted by Crippen LogP contribution is -2.41. The molecule has 2 N–H and O–H groups in total. The van der Waals surface area contributed by atoms with E-state index >= 15 is 0 Å². The van der Waals surface area contributed by atoms with Crippen LogP contribution >= 0.6 is 0 Å². The molecule has 1 aliphatic heterocycles. The average Bonchev–Trinajstić information content (AvgIpc) is 2.89. The van der Waals surface area contributed by atoms with E-state index in [1.807, 2.05) is 0 Å². The van der Waals surface area contributed by atoms with Crippen molar-refractivity contribution >= 4 is 12.0 Å². The van der Waals surface area contributed by atoms with Crippen LogP contribution in [-0.2, 0) is 11.2 Å². The van der Waals surface area contributed by atoms with E-state index in [0.29, 0.717) is 37.9 Å². The van der Waals surface area contributed by atoms with Crippen LogP contribution < -0.4 is 5.32 Å². The Labute approximate surface area is 129 Å². The fraction of sp³-hybridized carbons (Fsp3) is 0.500. The third-order valence-corrected chi connectivity index (χ3v) is 4.13. The fourth-order valence-electron chi connectivity index (χ4n) is 2.60. The van der Waals surface area contributed by atoms with Gasteiger partial charge in [-0.2, -0.15) is 0 Å². The van der Waals surface area contributed by atoms with Crippen molar-refractivity contribution in [1.29, 1.82) is 0 Å². The Morgan fingerprint density at radius 3 is 2.77 bits per heavy atom. The number of carboxylic acids is 1. The molecule has 1 unspecified atom stereocenters. The van der Waals surface area contributed by atoms with Crippen LogP contribution in [0.5, 0.6) is 0 Å². The highest BCUT2D eigenvalue weighted by molar-refractivity contribution is 5.79. The van der Waals surface area contributed by atoms with Crippen LogP contribution in [0.3, 0.4) is 0 Å². The van der Waals surface area contributed by atoms with Crippen molar-refractivity contribution in [3.8, 4) is 0 Å². The molecule has 1 fully saturated rings. The molecule has 1 heterocycles. The van der Waals surface area contributed by atoms with Crippen LogP contribution in [0.1, 0.15) is 25.3 Å². The quantitative estimate of drug-likeness (QED) is 0.820. The average molecular weight is 308 g/mol. The predicted molar refractivity (Wildman–Crippen MR) is 80.1 cm³/mol. The highest BCUT2D eigenvalue weighted by Crippen LogP contribution is 2.29. The molecular formula is C16H21FN2O3. The number of amides is 2. The summed E-state index contributed by atoms with van der Waals surface area (Å²) < 4.78 is 13.4. The minimum absolute atomic E-state index is 0.224. The molecule has 6 heteroatoms. The SMILES string of the molecule is CC1(C(=O)O)CCN(C(=O)NCCCc2ccccc2F)C1. The number of nitrogens with one attached hydrogen (secondary N) is 1. The number of hydrogen-bond acceptors (Lipinski definition) is 2. The highest BCUT2D eigenvalue weighted by atomic mass is 19.1. The van der Waals surface area contributed by atoms with Gasteiger partial charge in [0.05, 0.1) is 5.41 Å². The molecule has 0 bridgehead atoms. The first kappa shape index (κ1) is 16.3. The van der Waals surface area contributed by atoms with E-state index in [2.05, 4.69) is 5.32 Å². The Morgan fingerprint density at radius 2 is 2.14 bits per heavy atom. The Hall–Kier alpha value is -2.11. The second-order valence-corrected chi connectivity index (χ2v) is 5.96. The Bertz CT molecular complexity index is 564. The van der Waals surface area contributed by atoms with E-state index in [0.717, 1.165) is 0 Å². The van der Waals surface area contributed by atoms with Crippen LogP contribution in [0, 0.1) is 11.2 Å². The summed E-state index contributed by atoms with van der Waals surface area (Å²) in [6.45, 7) is 2.76. The molecule has 22 heavy (non-hydrogen) atoms. The fourth-order valence-corrected chi connectivity index (χ4v) is 2.60. The summed E-state index contributed by atoms with van der Waals surface area (Å²) in [7, 11) is 0. The second kappa shape index (κ2) is 6.77. The number of carbonyl (C=O) groups is 2. The second-order valence-electron chi connectivity index (χ2n) is 5.96. The largest absolute Gasteiger partial charge is 0.481 e. The van der Waals surface area contributed by atoms with Crippen LogP contribution in [-0.4, -0.2) is 41.6 Å². The monoisotopic (exact) mass is 308 g/mol. The molecule has 2 amide bonds. The van der Waals surface area contributed by atoms with Crippen molar-refractivity contribution < 1.29 is 19.1 Å². The van der Waals surface area contributed by atoms with E-state index in [-0.39, 0.29) is 18.4 Å². The number of carbonyl (C=O) groups excluding carboxylic acids is 1. The zero-order valence-corrected chi connectivity index (χ0v) is 12.6. The number of urea groups is 1. The third kappa shape index (κ3) is 3.75. The van der Waals surface area contributed by atoms with Crippen molar-refractivity contribution in [2.45, 2.75) is 26.2 Å². The molecule has 0 radical (unpaired) electrons. The summed E-state index contributed by atoms with van der Waals surface area (Å²) in [6.07, 6.45) is 1.65. The van der Waals surface area contributed by atoms with E-state index in [9.17, 15) is 14.0 Å². The van der Waals surface area contributed by atoms with Gasteiger partial charge in [0.15, 0.2) is 0 Å². The number of nitrogens with zero attached hydrogens (tertiary/aromatic N) is 1. The first-order valence-corrected chi connectivity index (χ1v) is 7.42. The number of aryl methyl sites for hydroxylation is 1. The molecule has 0 spiro atoms. The smallest absolute Gasteiger partial charge is 0.317 e. The van der Waals surface area contributed by atoms with Gasteiger partial charge in [-0.3, -0.25) is 4.79 Å². The Morgan fingerprint density at radius 1 is 1.41 bits per heavy atom. The summed E-state index contributed by atoms with van der Waals surface area (Å²) in [6, 6.07) is 6.33. The molecule has 120 valence electrons. The predicted octanol–water partition coefficient (Wildman–Crippen LogP) is 2.26. The van der Waals surface area contributed by atoms with Gasteiger partial charge in [0.25, 0.3) is 0 Å². The molecule has 1 aliphatic rings. The summed E-state index contributed by atoms with van der Waals surface area (Å²) in [5, 5.41) is 11.9. The number of benzene rings is 1.